The van der Waals surface area contributed by atoms with Crippen LogP contribution in [0.15, 0.2) is 12.1 Å². The Kier molecular flexibility index (Phi) is 4.65. The molecule has 0 aliphatic rings. The molecule has 0 saturated carbocycles. The third kappa shape index (κ3) is 3.28. The number of halogens is 1. The van der Waals surface area contributed by atoms with Gasteiger partial charge in [0.25, 0.3) is 0 Å². The number of hydrogen-bond donors (Lipinski definition) is 1. The predicted octanol–water partition coefficient (Wildman–Crippen LogP) is 3.36. The number of benzene rings is 1. The number of nitrogens with two attached hydrogens (primary N) is 1. The maximum atomic E-state index is 8.69. The lowest BCUT2D eigenvalue weighted by molar-refractivity contribution is 0.685. The Morgan fingerprint density at radius 3 is 2.65 bits per heavy atom. The first kappa shape index (κ1) is 13.7. The molecule has 0 unspecified atom stereocenters. The van der Waals surface area contributed by atoms with Gasteiger partial charge in [0.1, 0.15) is 0 Å². The third-order valence-electron chi connectivity index (χ3n) is 2.71. The lowest BCUT2D eigenvalue weighted by Crippen LogP contribution is -2.32. The lowest BCUT2D eigenvalue weighted by Gasteiger charge is -2.30. The summed E-state index contributed by atoms with van der Waals surface area (Å²) in [4.78, 5) is 2.17. The van der Waals surface area contributed by atoms with Gasteiger partial charge in [0.15, 0.2) is 0 Å². The smallest absolute Gasteiger partial charge is 0.0656 e. The maximum Gasteiger partial charge on any atom is 0.0656 e. The first-order valence-corrected chi connectivity index (χ1v) is 6.04. The summed E-state index contributed by atoms with van der Waals surface area (Å²) in [6.45, 7) is 6.90. The first-order valence-electron chi connectivity index (χ1n) is 5.66. The van der Waals surface area contributed by atoms with E-state index in [9.17, 15) is 0 Å². The highest BCUT2D eigenvalue weighted by Gasteiger charge is 2.14. The topological polar surface area (TPSA) is 53.0 Å². The standard InChI is InChI=1S/C13H18ClN3/c1-9(2)17(6-4-5-15)13-8-11(14)12(16)7-10(13)3/h7-9H,4,6,16H2,1-3H3. The molecule has 92 valence electrons. The molecule has 0 spiro atoms. The Labute approximate surface area is 108 Å². The van der Waals surface area contributed by atoms with Crippen molar-refractivity contribution in [2.24, 2.45) is 0 Å². The molecule has 0 atom stereocenters. The number of nitriles is 1. The van der Waals surface area contributed by atoms with Crippen molar-refractivity contribution in [1.82, 2.24) is 0 Å². The van der Waals surface area contributed by atoms with Crippen molar-refractivity contribution in [3.63, 3.8) is 0 Å². The molecule has 0 heterocycles. The quantitative estimate of drug-likeness (QED) is 0.835. The van der Waals surface area contributed by atoms with Gasteiger partial charge in [-0.1, -0.05) is 11.6 Å². The SMILES string of the molecule is Cc1cc(N)c(Cl)cc1N(CCC#N)C(C)C. The Morgan fingerprint density at radius 1 is 1.47 bits per heavy atom. The molecule has 0 bridgehead atoms. The fourth-order valence-corrected chi connectivity index (χ4v) is 1.99. The van der Waals surface area contributed by atoms with Crippen LogP contribution in [0.25, 0.3) is 0 Å². The van der Waals surface area contributed by atoms with Crippen molar-refractivity contribution < 1.29 is 0 Å². The molecule has 2 N–H and O–H groups in total. The van der Waals surface area contributed by atoms with Crippen LogP contribution in [0, 0.1) is 18.3 Å². The average molecular weight is 252 g/mol. The summed E-state index contributed by atoms with van der Waals surface area (Å²) < 4.78 is 0. The number of aryl methyl sites for hydroxylation is 1. The van der Waals surface area contributed by atoms with E-state index in [4.69, 9.17) is 22.6 Å². The van der Waals surface area contributed by atoms with Crippen LogP contribution < -0.4 is 10.6 Å². The van der Waals surface area contributed by atoms with E-state index in [2.05, 4.69) is 24.8 Å². The molecule has 0 radical (unpaired) electrons. The van der Waals surface area contributed by atoms with Crippen molar-refractivity contribution in [2.45, 2.75) is 33.2 Å². The van der Waals surface area contributed by atoms with Crippen molar-refractivity contribution >= 4 is 23.0 Å². The highest BCUT2D eigenvalue weighted by Crippen LogP contribution is 2.30. The molecular weight excluding hydrogens is 234 g/mol. The number of rotatable bonds is 4. The molecule has 3 nitrogen and oxygen atoms in total. The minimum Gasteiger partial charge on any atom is -0.398 e. The van der Waals surface area contributed by atoms with Crippen LogP contribution in [-0.2, 0) is 0 Å². The third-order valence-corrected chi connectivity index (χ3v) is 3.04. The van der Waals surface area contributed by atoms with E-state index in [1.165, 1.54) is 0 Å². The van der Waals surface area contributed by atoms with E-state index in [-0.39, 0.29) is 0 Å². The molecular formula is C13H18ClN3. The summed E-state index contributed by atoms with van der Waals surface area (Å²) in [5, 5.41) is 9.25. The minimum atomic E-state index is 0.321. The fourth-order valence-electron chi connectivity index (χ4n) is 1.83. The van der Waals surface area contributed by atoms with Gasteiger partial charge in [-0.3, -0.25) is 0 Å². The molecule has 0 saturated heterocycles. The largest absolute Gasteiger partial charge is 0.398 e. The van der Waals surface area contributed by atoms with Gasteiger partial charge >= 0.3 is 0 Å². The molecule has 0 aliphatic carbocycles. The molecule has 0 aliphatic heterocycles. The van der Waals surface area contributed by atoms with Gasteiger partial charge < -0.3 is 10.6 Å². The van der Waals surface area contributed by atoms with Crippen LogP contribution in [0.5, 0.6) is 0 Å². The van der Waals surface area contributed by atoms with Gasteiger partial charge in [-0.05, 0) is 38.5 Å². The van der Waals surface area contributed by atoms with Crippen LogP contribution >= 0.6 is 11.6 Å². The van der Waals surface area contributed by atoms with E-state index < -0.39 is 0 Å². The van der Waals surface area contributed by atoms with Crippen LogP contribution in [0.4, 0.5) is 11.4 Å². The molecule has 1 aromatic carbocycles. The van der Waals surface area contributed by atoms with Crippen molar-refractivity contribution in [3.05, 3.63) is 22.7 Å². The second-order valence-electron chi connectivity index (χ2n) is 4.36. The number of nitrogen functional groups attached to an aromatic ring is 1. The monoisotopic (exact) mass is 251 g/mol. The van der Waals surface area contributed by atoms with Gasteiger partial charge in [-0.2, -0.15) is 5.26 Å². The van der Waals surface area contributed by atoms with Crippen molar-refractivity contribution in [3.8, 4) is 6.07 Å². The van der Waals surface area contributed by atoms with Crippen LogP contribution in [0.3, 0.4) is 0 Å². The summed E-state index contributed by atoms with van der Waals surface area (Å²) in [6, 6.07) is 6.24. The molecule has 0 aromatic heterocycles. The van der Waals surface area contributed by atoms with Crippen molar-refractivity contribution in [2.75, 3.05) is 17.2 Å². The molecule has 4 heteroatoms. The molecule has 0 amide bonds. The van der Waals surface area contributed by atoms with Crippen molar-refractivity contribution in [1.29, 1.82) is 5.26 Å². The zero-order chi connectivity index (χ0) is 13.0. The lowest BCUT2D eigenvalue weighted by atomic mass is 10.1. The normalized spacial score (nSPS) is 10.4. The van der Waals surface area contributed by atoms with E-state index in [1.54, 1.807) is 0 Å². The molecule has 1 rings (SSSR count). The number of nitrogens with zero attached hydrogens (tertiary/aromatic N) is 2. The number of hydrogen-bond acceptors (Lipinski definition) is 3. The van der Waals surface area contributed by atoms with Gasteiger partial charge in [-0.15, -0.1) is 0 Å². The summed E-state index contributed by atoms with van der Waals surface area (Å²) in [6.07, 6.45) is 0.500. The van der Waals surface area contributed by atoms with Gasteiger partial charge in [0.2, 0.25) is 0 Å². The maximum absolute atomic E-state index is 8.69. The highest BCUT2D eigenvalue weighted by atomic mass is 35.5. The Bertz CT molecular complexity index is 435. The molecule has 1 aromatic rings. The molecule has 17 heavy (non-hydrogen) atoms. The summed E-state index contributed by atoms with van der Waals surface area (Å²) >= 11 is 6.05. The predicted molar refractivity (Wildman–Crippen MR) is 73.3 cm³/mol. The second-order valence-corrected chi connectivity index (χ2v) is 4.76. The minimum absolute atomic E-state index is 0.321. The number of anilines is 2. The Hall–Kier alpha value is -1.40. The van der Waals surface area contributed by atoms with E-state index in [1.807, 2.05) is 19.1 Å². The van der Waals surface area contributed by atoms with E-state index in [0.29, 0.717) is 29.7 Å². The zero-order valence-electron chi connectivity index (χ0n) is 10.5. The summed E-state index contributed by atoms with van der Waals surface area (Å²) in [5.74, 6) is 0. The van der Waals surface area contributed by atoms with Crippen LogP contribution in [-0.4, -0.2) is 12.6 Å². The average Bonchev–Trinajstić information content (AvgIpc) is 2.25. The van der Waals surface area contributed by atoms with E-state index in [0.717, 1.165) is 11.3 Å². The van der Waals surface area contributed by atoms with E-state index >= 15 is 0 Å². The molecule has 0 fully saturated rings. The zero-order valence-corrected chi connectivity index (χ0v) is 11.3. The van der Waals surface area contributed by atoms with Gasteiger partial charge in [0.05, 0.1) is 23.2 Å². The Balaban J connectivity index is 3.10. The van der Waals surface area contributed by atoms with Crippen LogP contribution in [0.1, 0.15) is 25.8 Å². The first-order chi connectivity index (χ1) is 7.97. The van der Waals surface area contributed by atoms with Crippen LogP contribution in [0.2, 0.25) is 5.02 Å². The van der Waals surface area contributed by atoms with Gasteiger partial charge in [-0.25, -0.2) is 0 Å². The highest BCUT2D eigenvalue weighted by molar-refractivity contribution is 6.33. The second kappa shape index (κ2) is 5.79. The fraction of sp³-hybridized carbons (Fsp3) is 0.462. The van der Waals surface area contributed by atoms with Gasteiger partial charge in [0, 0.05) is 18.3 Å². The Morgan fingerprint density at radius 2 is 2.12 bits per heavy atom. The summed E-state index contributed by atoms with van der Waals surface area (Å²) in [5.41, 5.74) is 8.49. The summed E-state index contributed by atoms with van der Waals surface area (Å²) in [7, 11) is 0.